The summed E-state index contributed by atoms with van der Waals surface area (Å²) in [5.41, 5.74) is 5.82. The number of amides is 2. The molecule has 0 radical (unpaired) electrons. The minimum atomic E-state index is -0.396. The molecular formula is C23H42N6O2. The van der Waals surface area contributed by atoms with Crippen LogP contribution in [0, 0.1) is 0 Å². The summed E-state index contributed by atoms with van der Waals surface area (Å²) in [5.74, 6) is 0.678. The fraction of sp³-hybridized carbons (Fsp3) is 0.870. The minimum Gasteiger partial charge on any atom is -0.464 e. The SMILES string of the molecule is CCCCOC(=N/C(C)N)/N=C1\CNC(=O)N1CCCC1CCCCN1C1CCCC1. The number of aliphatic imine (C=N–C) groups is 2. The van der Waals surface area contributed by atoms with E-state index in [2.05, 4.69) is 27.1 Å². The summed E-state index contributed by atoms with van der Waals surface area (Å²) in [6, 6.07) is 1.65. The smallest absolute Gasteiger partial charge is 0.323 e. The molecule has 8 nitrogen and oxygen atoms in total. The van der Waals surface area contributed by atoms with Gasteiger partial charge >= 0.3 is 12.1 Å². The van der Waals surface area contributed by atoms with Gasteiger partial charge in [-0.25, -0.2) is 9.79 Å². The third kappa shape index (κ3) is 7.17. The highest BCUT2D eigenvalue weighted by Crippen LogP contribution is 2.31. The summed E-state index contributed by atoms with van der Waals surface area (Å²) in [5, 5.41) is 2.89. The Morgan fingerprint density at radius 3 is 2.74 bits per heavy atom. The number of nitrogens with one attached hydrogen (secondary N) is 1. The van der Waals surface area contributed by atoms with Crippen molar-refractivity contribution in [1.29, 1.82) is 0 Å². The van der Waals surface area contributed by atoms with Crippen LogP contribution < -0.4 is 11.1 Å². The number of amidine groups is 2. The summed E-state index contributed by atoms with van der Waals surface area (Å²) in [7, 11) is 0. The van der Waals surface area contributed by atoms with E-state index in [1.54, 1.807) is 11.8 Å². The number of hydrogen-bond acceptors (Lipinski definition) is 5. The molecule has 1 aliphatic carbocycles. The van der Waals surface area contributed by atoms with Crippen LogP contribution in [0.4, 0.5) is 4.79 Å². The summed E-state index contributed by atoms with van der Waals surface area (Å²) in [4.78, 5) is 25.8. The topological polar surface area (TPSA) is 95.5 Å². The molecule has 0 aromatic heterocycles. The van der Waals surface area contributed by atoms with E-state index in [0.717, 1.165) is 31.7 Å². The van der Waals surface area contributed by atoms with Crippen LogP contribution in [0.1, 0.15) is 84.5 Å². The van der Waals surface area contributed by atoms with Crippen molar-refractivity contribution in [2.45, 2.75) is 103 Å². The Labute approximate surface area is 187 Å². The van der Waals surface area contributed by atoms with Gasteiger partial charge in [-0.05, 0) is 58.4 Å². The van der Waals surface area contributed by atoms with Crippen molar-refractivity contribution >= 4 is 17.9 Å². The van der Waals surface area contributed by atoms with Crippen molar-refractivity contribution in [3.8, 4) is 0 Å². The Hall–Kier alpha value is -1.67. The quantitative estimate of drug-likeness (QED) is 0.330. The maximum absolute atomic E-state index is 12.4. The molecule has 2 heterocycles. The van der Waals surface area contributed by atoms with Crippen molar-refractivity contribution in [3.63, 3.8) is 0 Å². The van der Waals surface area contributed by atoms with Crippen LogP contribution in [0.25, 0.3) is 0 Å². The van der Waals surface area contributed by atoms with Gasteiger partial charge in [-0.3, -0.25) is 9.80 Å². The predicted octanol–water partition coefficient (Wildman–Crippen LogP) is 3.46. The number of ether oxygens (including phenoxy) is 1. The Balaban J connectivity index is 1.57. The highest BCUT2D eigenvalue weighted by Gasteiger charge is 2.31. The number of hydrogen-bond donors (Lipinski definition) is 2. The molecule has 2 amide bonds. The molecule has 3 fully saturated rings. The molecular weight excluding hydrogens is 392 g/mol. The highest BCUT2D eigenvalue weighted by molar-refractivity contribution is 6.08. The normalized spacial score (nSPS) is 26.0. The number of likely N-dealkylation sites (tertiary alicyclic amines) is 1. The Morgan fingerprint density at radius 1 is 1.23 bits per heavy atom. The van der Waals surface area contributed by atoms with Crippen LogP contribution in [0.2, 0.25) is 0 Å². The molecule has 2 unspecified atom stereocenters. The van der Waals surface area contributed by atoms with Gasteiger partial charge in [-0.15, -0.1) is 0 Å². The first kappa shape index (κ1) is 24.0. The Bertz CT molecular complexity index is 630. The van der Waals surface area contributed by atoms with Crippen molar-refractivity contribution in [3.05, 3.63) is 0 Å². The third-order valence-electron chi connectivity index (χ3n) is 6.61. The number of urea groups is 1. The van der Waals surface area contributed by atoms with Gasteiger partial charge < -0.3 is 15.8 Å². The lowest BCUT2D eigenvalue weighted by molar-refractivity contribution is 0.0890. The maximum atomic E-state index is 12.4. The second-order valence-corrected chi connectivity index (χ2v) is 9.16. The molecule has 8 heteroatoms. The fourth-order valence-electron chi connectivity index (χ4n) is 5.02. The van der Waals surface area contributed by atoms with E-state index in [1.807, 2.05) is 0 Å². The monoisotopic (exact) mass is 434 g/mol. The molecule has 2 saturated heterocycles. The molecule has 0 aromatic carbocycles. The van der Waals surface area contributed by atoms with Gasteiger partial charge in [0.15, 0.2) is 0 Å². The highest BCUT2D eigenvalue weighted by atomic mass is 16.5. The van der Waals surface area contributed by atoms with Crippen LogP contribution >= 0.6 is 0 Å². The summed E-state index contributed by atoms with van der Waals surface area (Å²) in [6.45, 7) is 6.79. The Kier molecular flexibility index (Phi) is 9.58. The molecule has 1 saturated carbocycles. The third-order valence-corrected chi connectivity index (χ3v) is 6.61. The van der Waals surface area contributed by atoms with E-state index < -0.39 is 6.17 Å². The van der Waals surface area contributed by atoms with E-state index in [4.69, 9.17) is 10.5 Å². The Morgan fingerprint density at radius 2 is 2.00 bits per heavy atom. The van der Waals surface area contributed by atoms with E-state index in [9.17, 15) is 4.79 Å². The maximum Gasteiger partial charge on any atom is 0.323 e. The minimum absolute atomic E-state index is 0.0799. The number of rotatable bonds is 9. The first-order valence-corrected chi connectivity index (χ1v) is 12.4. The van der Waals surface area contributed by atoms with Gasteiger partial charge in [0.05, 0.1) is 19.3 Å². The zero-order valence-corrected chi connectivity index (χ0v) is 19.5. The molecule has 0 spiro atoms. The number of nitrogens with two attached hydrogens (primary N) is 1. The van der Waals surface area contributed by atoms with Crippen LogP contribution in [-0.2, 0) is 4.74 Å². The average molecular weight is 435 g/mol. The van der Waals surface area contributed by atoms with Crippen molar-refractivity contribution in [2.75, 3.05) is 26.2 Å². The second kappa shape index (κ2) is 12.4. The fourth-order valence-corrected chi connectivity index (χ4v) is 5.02. The van der Waals surface area contributed by atoms with E-state index >= 15 is 0 Å². The molecule has 2 aliphatic heterocycles. The van der Waals surface area contributed by atoms with Gasteiger partial charge in [-0.2, -0.15) is 4.99 Å². The second-order valence-electron chi connectivity index (χ2n) is 9.16. The van der Waals surface area contributed by atoms with Gasteiger partial charge in [-0.1, -0.05) is 32.6 Å². The molecule has 31 heavy (non-hydrogen) atoms. The van der Waals surface area contributed by atoms with Crippen LogP contribution in [0.3, 0.4) is 0 Å². The van der Waals surface area contributed by atoms with Gasteiger partial charge in [0, 0.05) is 18.6 Å². The van der Waals surface area contributed by atoms with Crippen molar-refractivity contribution in [1.82, 2.24) is 15.1 Å². The molecule has 3 aliphatic rings. The largest absolute Gasteiger partial charge is 0.464 e. The zero-order chi connectivity index (χ0) is 22.1. The predicted molar refractivity (Wildman–Crippen MR) is 125 cm³/mol. The first-order valence-electron chi connectivity index (χ1n) is 12.4. The summed E-state index contributed by atoms with van der Waals surface area (Å²) < 4.78 is 5.72. The van der Waals surface area contributed by atoms with E-state index in [1.165, 1.54) is 51.5 Å². The zero-order valence-electron chi connectivity index (χ0n) is 19.5. The molecule has 176 valence electrons. The number of unbranched alkanes of at least 4 members (excludes halogenated alkanes) is 1. The first-order chi connectivity index (χ1) is 15.1. The summed E-state index contributed by atoms with van der Waals surface area (Å²) in [6.07, 6.45) is 13.1. The summed E-state index contributed by atoms with van der Waals surface area (Å²) >= 11 is 0. The van der Waals surface area contributed by atoms with Crippen molar-refractivity contribution < 1.29 is 9.53 Å². The number of nitrogens with zero attached hydrogens (tertiary/aromatic N) is 4. The molecule has 3 rings (SSSR count). The standard InChI is InChI=1S/C23H42N6O2/c1-3-4-16-31-22(26-18(2)24)27-21-17-25-23(30)29(21)15-9-13-20-12-7-8-14-28(20)19-10-5-6-11-19/h18-20H,3-17,24H2,1-2H3,(H,25,30)/b26-22+,27-21+. The van der Waals surface area contributed by atoms with E-state index in [0.29, 0.717) is 31.6 Å². The van der Waals surface area contributed by atoms with Gasteiger partial charge in [0.2, 0.25) is 0 Å². The van der Waals surface area contributed by atoms with Crippen LogP contribution in [0.15, 0.2) is 9.98 Å². The lowest BCUT2D eigenvalue weighted by Crippen LogP contribution is -2.45. The van der Waals surface area contributed by atoms with Gasteiger partial charge in [0.25, 0.3) is 0 Å². The molecule has 2 atom stereocenters. The van der Waals surface area contributed by atoms with Crippen LogP contribution in [-0.4, -0.2) is 72.2 Å². The molecule has 0 aromatic rings. The molecule has 0 bridgehead atoms. The number of piperidine rings is 1. The van der Waals surface area contributed by atoms with Gasteiger partial charge in [0.1, 0.15) is 5.84 Å². The van der Waals surface area contributed by atoms with Crippen molar-refractivity contribution in [2.24, 2.45) is 15.7 Å². The average Bonchev–Trinajstić information content (AvgIpc) is 3.39. The number of carbonyl (C=O) groups excluding carboxylic acids is 1. The lowest BCUT2D eigenvalue weighted by atomic mass is 9.95. The van der Waals surface area contributed by atoms with E-state index in [-0.39, 0.29) is 12.1 Å². The van der Waals surface area contributed by atoms with Crippen LogP contribution in [0.5, 0.6) is 0 Å². The molecule has 3 N–H and O–H groups in total. The number of carbonyl (C=O) groups is 1. The lowest BCUT2D eigenvalue weighted by Gasteiger charge is -2.40.